The van der Waals surface area contributed by atoms with Crippen LogP contribution in [0.2, 0.25) is 0 Å². The normalized spacial score (nSPS) is 26.4. The summed E-state index contributed by atoms with van der Waals surface area (Å²) >= 11 is 0. The lowest BCUT2D eigenvalue weighted by Crippen LogP contribution is -2.46. The molecule has 2 nitrogen and oxygen atoms in total. The first kappa shape index (κ1) is 12.0. The molecule has 1 saturated heterocycles. The van der Waals surface area contributed by atoms with E-state index >= 15 is 0 Å². The van der Waals surface area contributed by atoms with E-state index in [0.717, 1.165) is 18.5 Å². The smallest absolute Gasteiger partial charge is 0.0220 e. The van der Waals surface area contributed by atoms with Gasteiger partial charge < -0.3 is 5.32 Å². The number of hydrogen-bond donors (Lipinski definition) is 1. The number of likely N-dealkylation sites (tertiary alicyclic amines) is 1. The second-order valence-electron chi connectivity index (χ2n) is 4.72. The molecule has 2 unspecified atom stereocenters. The third kappa shape index (κ3) is 3.58. The molecular weight excluding hydrogens is 172 g/mol. The molecule has 0 spiro atoms. The van der Waals surface area contributed by atoms with Crippen LogP contribution in [0.1, 0.15) is 39.5 Å². The van der Waals surface area contributed by atoms with Crippen LogP contribution >= 0.6 is 0 Å². The van der Waals surface area contributed by atoms with Crippen LogP contribution < -0.4 is 5.32 Å². The van der Waals surface area contributed by atoms with Crippen LogP contribution in [0.4, 0.5) is 0 Å². The Morgan fingerprint density at radius 1 is 1.43 bits per heavy atom. The lowest BCUT2D eigenvalue weighted by atomic mass is 9.99. The van der Waals surface area contributed by atoms with Gasteiger partial charge >= 0.3 is 0 Å². The monoisotopic (exact) mass is 198 g/mol. The van der Waals surface area contributed by atoms with E-state index in [-0.39, 0.29) is 0 Å². The second-order valence-corrected chi connectivity index (χ2v) is 4.72. The van der Waals surface area contributed by atoms with E-state index < -0.39 is 0 Å². The Morgan fingerprint density at radius 2 is 2.21 bits per heavy atom. The summed E-state index contributed by atoms with van der Waals surface area (Å²) in [7, 11) is 2.07. The van der Waals surface area contributed by atoms with Crippen molar-refractivity contribution < 1.29 is 0 Å². The van der Waals surface area contributed by atoms with Crippen molar-refractivity contribution in [3.63, 3.8) is 0 Å². The van der Waals surface area contributed by atoms with Crippen LogP contribution in [0.25, 0.3) is 0 Å². The fourth-order valence-corrected chi connectivity index (χ4v) is 2.30. The number of nitrogens with one attached hydrogen (secondary N) is 1. The molecule has 0 aromatic carbocycles. The molecule has 0 saturated carbocycles. The van der Waals surface area contributed by atoms with E-state index in [9.17, 15) is 0 Å². The zero-order valence-electron chi connectivity index (χ0n) is 10.1. The van der Waals surface area contributed by atoms with Crippen molar-refractivity contribution in [3.05, 3.63) is 0 Å². The standard InChI is InChI=1S/C12H26N2/c1-4-11(2)10-14-8-6-5-7-12(14)9-13-3/h11-13H,4-10H2,1-3H3. The van der Waals surface area contributed by atoms with Crippen molar-refractivity contribution in [2.24, 2.45) is 5.92 Å². The third-order valence-corrected chi connectivity index (χ3v) is 3.43. The van der Waals surface area contributed by atoms with Crippen molar-refractivity contribution >= 4 is 0 Å². The zero-order valence-corrected chi connectivity index (χ0v) is 10.1. The first-order valence-corrected chi connectivity index (χ1v) is 6.16. The van der Waals surface area contributed by atoms with Gasteiger partial charge in [0.1, 0.15) is 0 Å². The molecule has 0 radical (unpaired) electrons. The highest BCUT2D eigenvalue weighted by Crippen LogP contribution is 2.18. The Bertz CT molecular complexity index is 145. The molecule has 1 N–H and O–H groups in total. The number of nitrogens with zero attached hydrogens (tertiary/aromatic N) is 1. The minimum absolute atomic E-state index is 0.794. The molecule has 1 heterocycles. The lowest BCUT2D eigenvalue weighted by Gasteiger charge is -2.37. The zero-order chi connectivity index (χ0) is 10.4. The molecule has 1 aliphatic rings. The molecule has 0 aliphatic carbocycles. The summed E-state index contributed by atoms with van der Waals surface area (Å²) < 4.78 is 0. The first-order valence-electron chi connectivity index (χ1n) is 6.16. The molecule has 84 valence electrons. The lowest BCUT2D eigenvalue weighted by molar-refractivity contribution is 0.127. The summed E-state index contributed by atoms with van der Waals surface area (Å²) in [6.07, 6.45) is 5.51. The Labute approximate surface area is 89.1 Å². The highest BCUT2D eigenvalue weighted by atomic mass is 15.2. The predicted octanol–water partition coefficient (Wildman–Crippen LogP) is 2.11. The van der Waals surface area contributed by atoms with E-state index in [4.69, 9.17) is 0 Å². The van der Waals surface area contributed by atoms with Crippen molar-refractivity contribution in [2.45, 2.75) is 45.6 Å². The second kappa shape index (κ2) is 6.41. The van der Waals surface area contributed by atoms with Crippen molar-refractivity contribution in [2.75, 3.05) is 26.7 Å². The number of hydrogen-bond acceptors (Lipinski definition) is 2. The Balaban J connectivity index is 2.37. The van der Waals surface area contributed by atoms with Gasteiger partial charge in [-0.2, -0.15) is 0 Å². The number of rotatable bonds is 5. The summed E-state index contributed by atoms with van der Waals surface area (Å²) in [6, 6.07) is 0.794. The average Bonchev–Trinajstić information content (AvgIpc) is 2.21. The van der Waals surface area contributed by atoms with Crippen LogP contribution in [0.5, 0.6) is 0 Å². The van der Waals surface area contributed by atoms with E-state index in [1.165, 1.54) is 38.8 Å². The van der Waals surface area contributed by atoms with Gasteiger partial charge in [0.15, 0.2) is 0 Å². The SMILES string of the molecule is CCC(C)CN1CCCCC1CNC. The van der Waals surface area contributed by atoms with Crippen molar-refractivity contribution in [1.29, 1.82) is 0 Å². The maximum Gasteiger partial charge on any atom is 0.0220 e. The van der Waals surface area contributed by atoms with Crippen LogP contribution in [0.3, 0.4) is 0 Å². The van der Waals surface area contributed by atoms with Gasteiger partial charge in [-0.25, -0.2) is 0 Å². The summed E-state index contributed by atoms with van der Waals surface area (Å²) in [5.74, 6) is 0.854. The van der Waals surface area contributed by atoms with Gasteiger partial charge in [-0.1, -0.05) is 26.7 Å². The van der Waals surface area contributed by atoms with Crippen molar-refractivity contribution in [3.8, 4) is 0 Å². The minimum Gasteiger partial charge on any atom is -0.318 e. The minimum atomic E-state index is 0.794. The average molecular weight is 198 g/mol. The predicted molar refractivity (Wildman–Crippen MR) is 62.6 cm³/mol. The van der Waals surface area contributed by atoms with E-state index in [1.54, 1.807) is 0 Å². The van der Waals surface area contributed by atoms with Crippen LogP contribution in [0.15, 0.2) is 0 Å². The Kier molecular flexibility index (Phi) is 5.49. The maximum absolute atomic E-state index is 3.32. The number of piperidine rings is 1. The molecule has 0 bridgehead atoms. The summed E-state index contributed by atoms with van der Waals surface area (Å²) in [4.78, 5) is 2.69. The van der Waals surface area contributed by atoms with Gasteiger partial charge in [0.05, 0.1) is 0 Å². The molecule has 14 heavy (non-hydrogen) atoms. The van der Waals surface area contributed by atoms with Gasteiger partial charge in [-0.05, 0) is 32.4 Å². The van der Waals surface area contributed by atoms with E-state index in [0.29, 0.717) is 0 Å². The highest BCUT2D eigenvalue weighted by molar-refractivity contribution is 4.79. The number of likely N-dealkylation sites (N-methyl/N-ethyl adjacent to an activating group) is 1. The molecule has 0 amide bonds. The summed E-state index contributed by atoms with van der Waals surface area (Å²) in [5.41, 5.74) is 0. The molecule has 0 aromatic rings. The molecule has 1 fully saturated rings. The van der Waals surface area contributed by atoms with Gasteiger partial charge in [0, 0.05) is 19.1 Å². The van der Waals surface area contributed by atoms with Crippen LogP contribution in [-0.2, 0) is 0 Å². The fourth-order valence-electron chi connectivity index (χ4n) is 2.30. The Morgan fingerprint density at radius 3 is 2.86 bits per heavy atom. The molecule has 1 rings (SSSR count). The largest absolute Gasteiger partial charge is 0.318 e. The maximum atomic E-state index is 3.32. The summed E-state index contributed by atoms with van der Waals surface area (Å²) in [6.45, 7) is 8.43. The van der Waals surface area contributed by atoms with Crippen molar-refractivity contribution in [1.82, 2.24) is 10.2 Å². The topological polar surface area (TPSA) is 15.3 Å². The third-order valence-electron chi connectivity index (χ3n) is 3.43. The van der Waals surface area contributed by atoms with Crippen LogP contribution in [-0.4, -0.2) is 37.6 Å². The van der Waals surface area contributed by atoms with E-state index in [2.05, 4.69) is 31.1 Å². The van der Waals surface area contributed by atoms with Crippen LogP contribution in [0, 0.1) is 5.92 Å². The van der Waals surface area contributed by atoms with Gasteiger partial charge in [0.25, 0.3) is 0 Å². The highest BCUT2D eigenvalue weighted by Gasteiger charge is 2.22. The molecule has 1 aliphatic heterocycles. The molecular formula is C12H26N2. The fraction of sp³-hybridized carbons (Fsp3) is 1.00. The van der Waals surface area contributed by atoms with E-state index in [1.807, 2.05) is 0 Å². The van der Waals surface area contributed by atoms with Gasteiger partial charge in [0.2, 0.25) is 0 Å². The van der Waals surface area contributed by atoms with Gasteiger partial charge in [-0.3, -0.25) is 4.90 Å². The van der Waals surface area contributed by atoms with Gasteiger partial charge in [-0.15, -0.1) is 0 Å². The molecule has 0 aromatic heterocycles. The first-order chi connectivity index (χ1) is 6.77. The quantitative estimate of drug-likeness (QED) is 0.728. The Hall–Kier alpha value is -0.0800. The molecule has 2 heteroatoms. The molecule has 2 atom stereocenters. The summed E-state index contributed by atoms with van der Waals surface area (Å²) in [5, 5.41) is 3.32.